The maximum Gasteiger partial charge on any atom is 0.236 e. The number of rotatable bonds is 5. The lowest BCUT2D eigenvalue weighted by Crippen LogP contribution is -2.42. The van der Waals surface area contributed by atoms with Gasteiger partial charge in [0.25, 0.3) is 0 Å². The highest BCUT2D eigenvalue weighted by atomic mass is 16.5. The summed E-state index contributed by atoms with van der Waals surface area (Å²) in [6, 6.07) is 0. The highest BCUT2D eigenvalue weighted by molar-refractivity contribution is 5.78. The SMILES string of the molecule is CNCC(=O)N1CCC(c2nnc(CN3CCOCC3)n2C)CC1. The van der Waals surface area contributed by atoms with Crippen molar-refractivity contribution < 1.29 is 9.53 Å². The summed E-state index contributed by atoms with van der Waals surface area (Å²) >= 11 is 0. The largest absolute Gasteiger partial charge is 0.379 e. The van der Waals surface area contributed by atoms with E-state index in [-0.39, 0.29) is 5.91 Å². The van der Waals surface area contributed by atoms with Crippen LogP contribution in [0.2, 0.25) is 0 Å². The van der Waals surface area contributed by atoms with Crippen LogP contribution in [0.4, 0.5) is 0 Å². The second-order valence-electron chi connectivity index (χ2n) is 6.61. The monoisotopic (exact) mass is 336 g/mol. The molecule has 0 bridgehead atoms. The molecule has 8 nitrogen and oxygen atoms in total. The van der Waals surface area contributed by atoms with Gasteiger partial charge >= 0.3 is 0 Å². The summed E-state index contributed by atoms with van der Waals surface area (Å²) in [5.41, 5.74) is 0. The van der Waals surface area contributed by atoms with Crippen molar-refractivity contribution in [1.82, 2.24) is 29.9 Å². The number of morpholine rings is 1. The Morgan fingerprint density at radius 3 is 2.58 bits per heavy atom. The third kappa shape index (κ3) is 3.93. The summed E-state index contributed by atoms with van der Waals surface area (Å²) in [6.07, 6.45) is 1.91. The van der Waals surface area contributed by atoms with Crippen LogP contribution in [-0.2, 0) is 23.1 Å². The smallest absolute Gasteiger partial charge is 0.236 e. The van der Waals surface area contributed by atoms with Crippen LogP contribution in [0.15, 0.2) is 0 Å². The highest BCUT2D eigenvalue weighted by Gasteiger charge is 2.27. The van der Waals surface area contributed by atoms with Crippen molar-refractivity contribution in [3.63, 3.8) is 0 Å². The first-order valence-electron chi connectivity index (χ1n) is 8.79. The molecule has 3 heterocycles. The second-order valence-corrected chi connectivity index (χ2v) is 6.61. The summed E-state index contributed by atoms with van der Waals surface area (Å²) in [6.45, 7) is 6.34. The standard InChI is InChI=1S/C16H28N6O2/c1-17-11-15(23)22-5-3-13(4-6-22)16-19-18-14(20(16)2)12-21-7-9-24-10-8-21/h13,17H,3-12H2,1-2H3. The van der Waals surface area contributed by atoms with Gasteiger partial charge in [-0.3, -0.25) is 9.69 Å². The van der Waals surface area contributed by atoms with Gasteiger partial charge < -0.3 is 19.5 Å². The van der Waals surface area contributed by atoms with E-state index in [0.717, 1.165) is 70.4 Å². The van der Waals surface area contributed by atoms with Crippen molar-refractivity contribution in [3.05, 3.63) is 11.6 Å². The lowest BCUT2D eigenvalue weighted by atomic mass is 9.96. The number of aromatic nitrogens is 3. The van der Waals surface area contributed by atoms with E-state index < -0.39 is 0 Å². The van der Waals surface area contributed by atoms with Crippen LogP contribution in [0.5, 0.6) is 0 Å². The van der Waals surface area contributed by atoms with Crippen LogP contribution >= 0.6 is 0 Å². The Labute approximate surface area is 143 Å². The van der Waals surface area contributed by atoms with Crippen LogP contribution in [0.3, 0.4) is 0 Å². The van der Waals surface area contributed by atoms with Crippen LogP contribution in [-0.4, -0.2) is 83.5 Å². The molecule has 0 atom stereocenters. The number of likely N-dealkylation sites (N-methyl/N-ethyl adjacent to an activating group) is 1. The second kappa shape index (κ2) is 8.04. The van der Waals surface area contributed by atoms with E-state index in [1.165, 1.54) is 0 Å². The average Bonchev–Trinajstić information content (AvgIpc) is 2.97. The Kier molecular flexibility index (Phi) is 5.80. The first-order chi connectivity index (χ1) is 11.7. The summed E-state index contributed by atoms with van der Waals surface area (Å²) in [5, 5.41) is 11.8. The van der Waals surface area contributed by atoms with Crippen molar-refractivity contribution in [2.45, 2.75) is 25.3 Å². The summed E-state index contributed by atoms with van der Waals surface area (Å²) in [4.78, 5) is 16.2. The average molecular weight is 336 g/mol. The molecule has 24 heavy (non-hydrogen) atoms. The highest BCUT2D eigenvalue weighted by Crippen LogP contribution is 2.27. The summed E-state index contributed by atoms with van der Waals surface area (Å²) in [5.74, 6) is 2.64. The first kappa shape index (κ1) is 17.3. The van der Waals surface area contributed by atoms with Gasteiger partial charge in [0.1, 0.15) is 11.6 Å². The molecular weight excluding hydrogens is 308 g/mol. The van der Waals surface area contributed by atoms with Crippen molar-refractivity contribution in [1.29, 1.82) is 0 Å². The Hall–Kier alpha value is -1.51. The van der Waals surface area contributed by atoms with Gasteiger partial charge in [-0.05, 0) is 19.9 Å². The van der Waals surface area contributed by atoms with E-state index in [0.29, 0.717) is 12.5 Å². The van der Waals surface area contributed by atoms with E-state index in [1.807, 2.05) is 4.90 Å². The molecule has 1 N–H and O–H groups in total. The molecule has 1 aromatic rings. The number of hydrogen-bond donors (Lipinski definition) is 1. The Morgan fingerprint density at radius 1 is 1.21 bits per heavy atom. The topological polar surface area (TPSA) is 75.5 Å². The lowest BCUT2D eigenvalue weighted by molar-refractivity contribution is -0.131. The van der Waals surface area contributed by atoms with Crippen molar-refractivity contribution in [2.24, 2.45) is 7.05 Å². The fraction of sp³-hybridized carbons (Fsp3) is 0.812. The van der Waals surface area contributed by atoms with E-state index in [1.54, 1.807) is 7.05 Å². The predicted octanol–water partition coefficient (Wildman–Crippen LogP) is -0.427. The van der Waals surface area contributed by atoms with Gasteiger partial charge in [-0.15, -0.1) is 10.2 Å². The van der Waals surface area contributed by atoms with Gasteiger partial charge in [-0.25, -0.2) is 0 Å². The van der Waals surface area contributed by atoms with Crippen LogP contribution in [0.1, 0.15) is 30.4 Å². The number of hydrogen-bond acceptors (Lipinski definition) is 6. The zero-order valence-electron chi connectivity index (χ0n) is 14.7. The summed E-state index contributed by atoms with van der Waals surface area (Å²) in [7, 11) is 3.86. The summed E-state index contributed by atoms with van der Waals surface area (Å²) < 4.78 is 7.54. The molecule has 0 saturated carbocycles. The van der Waals surface area contributed by atoms with Gasteiger partial charge in [0.15, 0.2) is 0 Å². The maximum atomic E-state index is 11.9. The van der Waals surface area contributed by atoms with Crippen LogP contribution < -0.4 is 5.32 Å². The Balaban J connectivity index is 1.57. The van der Waals surface area contributed by atoms with Crippen molar-refractivity contribution in [2.75, 3.05) is 53.0 Å². The molecule has 2 aliphatic heterocycles. The van der Waals surface area contributed by atoms with Crippen LogP contribution in [0, 0.1) is 0 Å². The molecule has 3 rings (SSSR count). The quantitative estimate of drug-likeness (QED) is 0.787. The number of nitrogens with zero attached hydrogens (tertiary/aromatic N) is 5. The minimum atomic E-state index is 0.182. The molecule has 0 aromatic carbocycles. The van der Waals surface area contributed by atoms with E-state index in [9.17, 15) is 4.79 Å². The molecule has 0 spiro atoms. The van der Waals surface area contributed by atoms with Gasteiger partial charge in [0, 0.05) is 39.1 Å². The van der Waals surface area contributed by atoms with E-state index in [4.69, 9.17) is 4.74 Å². The molecule has 8 heteroatoms. The number of ether oxygens (including phenoxy) is 1. The fourth-order valence-electron chi connectivity index (χ4n) is 3.48. The van der Waals surface area contributed by atoms with Gasteiger partial charge in [-0.1, -0.05) is 0 Å². The maximum absolute atomic E-state index is 11.9. The minimum Gasteiger partial charge on any atom is -0.379 e. The molecule has 2 fully saturated rings. The fourth-order valence-corrected chi connectivity index (χ4v) is 3.48. The molecule has 134 valence electrons. The lowest BCUT2D eigenvalue weighted by Gasteiger charge is -2.31. The zero-order chi connectivity index (χ0) is 16.9. The number of piperidine rings is 1. The molecule has 2 saturated heterocycles. The number of carbonyl (C=O) groups excluding carboxylic acids is 1. The minimum absolute atomic E-state index is 0.182. The molecule has 0 aliphatic carbocycles. The number of amides is 1. The van der Waals surface area contributed by atoms with Gasteiger partial charge in [-0.2, -0.15) is 0 Å². The number of nitrogens with one attached hydrogen (secondary N) is 1. The van der Waals surface area contributed by atoms with Gasteiger partial charge in [0.2, 0.25) is 5.91 Å². The Bertz CT molecular complexity index is 547. The Morgan fingerprint density at radius 2 is 1.92 bits per heavy atom. The van der Waals surface area contributed by atoms with Crippen LogP contribution in [0.25, 0.3) is 0 Å². The van der Waals surface area contributed by atoms with Gasteiger partial charge in [0.05, 0.1) is 26.3 Å². The third-order valence-electron chi connectivity index (χ3n) is 5.01. The first-order valence-corrected chi connectivity index (χ1v) is 8.79. The number of carbonyl (C=O) groups is 1. The van der Waals surface area contributed by atoms with Crippen molar-refractivity contribution >= 4 is 5.91 Å². The molecular formula is C16H28N6O2. The van der Waals surface area contributed by atoms with Crippen molar-refractivity contribution in [3.8, 4) is 0 Å². The molecule has 0 radical (unpaired) electrons. The number of likely N-dealkylation sites (tertiary alicyclic amines) is 1. The normalized spacial score (nSPS) is 20.5. The molecule has 0 unspecified atom stereocenters. The molecule has 1 amide bonds. The third-order valence-corrected chi connectivity index (χ3v) is 5.01. The van der Waals surface area contributed by atoms with E-state index in [2.05, 4.69) is 32.0 Å². The molecule has 1 aromatic heterocycles. The zero-order valence-corrected chi connectivity index (χ0v) is 14.7. The molecule has 2 aliphatic rings. The van der Waals surface area contributed by atoms with E-state index >= 15 is 0 Å². The predicted molar refractivity (Wildman–Crippen MR) is 89.6 cm³/mol.